The standard InChI is InChI=1S/C20H25BrN2O4S/c1-5-23(6-2)28(25,26)17-11-12-19(27-14(3)4)18(13-17)22-20(24)15-7-9-16(21)10-8-15/h7-14H,5-6H2,1-4H3,(H,22,24). The first-order chi connectivity index (χ1) is 13.2. The van der Waals surface area contributed by atoms with Gasteiger partial charge < -0.3 is 10.1 Å². The Hall–Kier alpha value is -1.90. The van der Waals surface area contributed by atoms with Gasteiger partial charge in [-0.25, -0.2) is 8.42 Å². The Bertz CT molecular complexity index is 924. The fraction of sp³-hybridized carbons (Fsp3) is 0.350. The molecular weight excluding hydrogens is 444 g/mol. The van der Waals surface area contributed by atoms with E-state index < -0.39 is 10.0 Å². The molecule has 0 fully saturated rings. The van der Waals surface area contributed by atoms with E-state index in [2.05, 4.69) is 21.2 Å². The maximum absolute atomic E-state index is 12.8. The van der Waals surface area contributed by atoms with Crippen LogP contribution in [0.5, 0.6) is 5.75 Å². The molecule has 152 valence electrons. The van der Waals surface area contributed by atoms with Crippen molar-refractivity contribution in [2.45, 2.75) is 38.7 Å². The van der Waals surface area contributed by atoms with Crippen LogP contribution in [0.3, 0.4) is 0 Å². The van der Waals surface area contributed by atoms with Crippen LogP contribution in [0.25, 0.3) is 0 Å². The van der Waals surface area contributed by atoms with E-state index in [0.717, 1.165) is 4.47 Å². The average molecular weight is 469 g/mol. The number of hydrogen-bond donors (Lipinski definition) is 1. The number of nitrogens with one attached hydrogen (secondary N) is 1. The van der Waals surface area contributed by atoms with Crippen molar-refractivity contribution in [2.24, 2.45) is 0 Å². The van der Waals surface area contributed by atoms with Gasteiger partial charge in [-0.15, -0.1) is 0 Å². The van der Waals surface area contributed by atoms with Crippen LogP contribution < -0.4 is 10.1 Å². The predicted molar refractivity (Wildman–Crippen MR) is 114 cm³/mol. The molecule has 0 aliphatic carbocycles. The van der Waals surface area contributed by atoms with Gasteiger partial charge in [-0.3, -0.25) is 4.79 Å². The molecule has 0 unspecified atom stereocenters. The van der Waals surface area contributed by atoms with Crippen molar-refractivity contribution < 1.29 is 17.9 Å². The molecule has 1 amide bonds. The molecule has 0 spiro atoms. The number of carbonyl (C=O) groups excluding carboxylic acids is 1. The van der Waals surface area contributed by atoms with Gasteiger partial charge in [0.2, 0.25) is 10.0 Å². The minimum absolute atomic E-state index is 0.110. The molecule has 0 saturated heterocycles. The summed E-state index contributed by atoms with van der Waals surface area (Å²) < 4.78 is 33.7. The molecule has 0 aromatic heterocycles. The summed E-state index contributed by atoms with van der Waals surface area (Å²) in [7, 11) is -3.65. The molecule has 0 heterocycles. The Balaban J connectivity index is 2.44. The van der Waals surface area contributed by atoms with Crippen molar-refractivity contribution in [3.8, 4) is 5.75 Å². The van der Waals surface area contributed by atoms with Gasteiger partial charge in [0.1, 0.15) is 5.75 Å². The van der Waals surface area contributed by atoms with Gasteiger partial charge in [0.15, 0.2) is 0 Å². The molecule has 2 aromatic rings. The SMILES string of the molecule is CCN(CC)S(=O)(=O)c1ccc(OC(C)C)c(NC(=O)c2ccc(Br)cc2)c1. The summed E-state index contributed by atoms with van der Waals surface area (Å²) >= 11 is 3.34. The number of sulfonamides is 1. The highest BCUT2D eigenvalue weighted by Gasteiger charge is 2.23. The monoisotopic (exact) mass is 468 g/mol. The highest BCUT2D eigenvalue weighted by Crippen LogP contribution is 2.30. The summed E-state index contributed by atoms with van der Waals surface area (Å²) in [5.41, 5.74) is 0.769. The fourth-order valence-corrected chi connectivity index (χ4v) is 4.38. The normalized spacial score (nSPS) is 11.7. The van der Waals surface area contributed by atoms with Gasteiger partial charge in [0, 0.05) is 23.1 Å². The van der Waals surface area contributed by atoms with Crippen LogP contribution >= 0.6 is 15.9 Å². The molecule has 0 atom stereocenters. The third kappa shape index (κ3) is 5.33. The fourth-order valence-electron chi connectivity index (χ4n) is 2.63. The quantitative estimate of drug-likeness (QED) is 0.617. The predicted octanol–water partition coefficient (Wildman–Crippen LogP) is 4.52. The van der Waals surface area contributed by atoms with Crippen LogP contribution in [0.4, 0.5) is 5.69 Å². The molecule has 2 aromatic carbocycles. The Morgan fingerprint density at radius 2 is 1.71 bits per heavy atom. The Labute approximate surface area is 175 Å². The van der Waals surface area contributed by atoms with Crippen LogP contribution in [0.2, 0.25) is 0 Å². The van der Waals surface area contributed by atoms with Crippen LogP contribution in [0.15, 0.2) is 51.8 Å². The molecular formula is C20H25BrN2O4S. The number of rotatable bonds is 8. The molecule has 0 aliphatic rings. The summed E-state index contributed by atoms with van der Waals surface area (Å²) in [5.74, 6) is 0.0671. The lowest BCUT2D eigenvalue weighted by Crippen LogP contribution is -2.30. The highest BCUT2D eigenvalue weighted by atomic mass is 79.9. The summed E-state index contributed by atoms with van der Waals surface area (Å²) in [4.78, 5) is 12.7. The molecule has 0 aliphatic heterocycles. The van der Waals surface area contributed by atoms with Gasteiger partial charge >= 0.3 is 0 Å². The van der Waals surface area contributed by atoms with Crippen molar-refractivity contribution in [2.75, 3.05) is 18.4 Å². The molecule has 0 radical (unpaired) electrons. The Morgan fingerprint density at radius 1 is 1.11 bits per heavy atom. The van der Waals surface area contributed by atoms with Gasteiger partial charge in [0.05, 0.1) is 16.7 Å². The van der Waals surface area contributed by atoms with Crippen molar-refractivity contribution >= 4 is 37.5 Å². The van der Waals surface area contributed by atoms with E-state index in [1.54, 1.807) is 44.2 Å². The Morgan fingerprint density at radius 3 is 2.25 bits per heavy atom. The lowest BCUT2D eigenvalue weighted by atomic mass is 10.2. The van der Waals surface area contributed by atoms with Crippen LogP contribution in [0, 0.1) is 0 Å². The smallest absolute Gasteiger partial charge is 0.255 e. The zero-order valence-electron chi connectivity index (χ0n) is 16.4. The number of ether oxygens (including phenoxy) is 1. The third-order valence-corrected chi connectivity index (χ3v) is 6.59. The summed E-state index contributed by atoms with van der Waals surface area (Å²) in [6.07, 6.45) is -0.131. The van der Waals surface area contributed by atoms with E-state index in [9.17, 15) is 13.2 Å². The zero-order valence-corrected chi connectivity index (χ0v) is 18.8. The molecule has 0 saturated carbocycles. The van der Waals surface area contributed by atoms with E-state index >= 15 is 0 Å². The topological polar surface area (TPSA) is 75.7 Å². The second kappa shape index (κ2) is 9.54. The highest BCUT2D eigenvalue weighted by molar-refractivity contribution is 9.10. The van der Waals surface area contributed by atoms with E-state index in [1.165, 1.54) is 16.4 Å². The number of carbonyl (C=O) groups is 1. The minimum Gasteiger partial charge on any atom is -0.489 e. The van der Waals surface area contributed by atoms with Crippen LogP contribution in [0.1, 0.15) is 38.1 Å². The first-order valence-electron chi connectivity index (χ1n) is 9.06. The lowest BCUT2D eigenvalue weighted by Gasteiger charge is -2.20. The number of halogens is 1. The average Bonchev–Trinajstić information content (AvgIpc) is 2.64. The first-order valence-corrected chi connectivity index (χ1v) is 11.3. The third-order valence-electron chi connectivity index (χ3n) is 4.01. The first kappa shape index (κ1) is 22.4. The summed E-state index contributed by atoms with van der Waals surface area (Å²) in [6, 6.07) is 11.4. The summed E-state index contributed by atoms with van der Waals surface area (Å²) in [5, 5.41) is 2.78. The second-order valence-corrected chi connectivity index (χ2v) is 9.23. The molecule has 2 rings (SSSR count). The second-order valence-electron chi connectivity index (χ2n) is 6.37. The molecule has 28 heavy (non-hydrogen) atoms. The lowest BCUT2D eigenvalue weighted by molar-refractivity contribution is 0.102. The van der Waals surface area contributed by atoms with Gasteiger partial charge in [-0.1, -0.05) is 29.8 Å². The van der Waals surface area contributed by atoms with Crippen molar-refractivity contribution in [3.63, 3.8) is 0 Å². The minimum atomic E-state index is -3.65. The number of benzene rings is 2. The van der Waals surface area contributed by atoms with Gasteiger partial charge in [-0.05, 0) is 56.3 Å². The van der Waals surface area contributed by atoms with E-state index in [1.807, 2.05) is 13.8 Å². The van der Waals surface area contributed by atoms with Crippen molar-refractivity contribution in [1.82, 2.24) is 4.31 Å². The summed E-state index contributed by atoms with van der Waals surface area (Å²) in [6.45, 7) is 8.02. The number of anilines is 1. The maximum Gasteiger partial charge on any atom is 0.255 e. The molecule has 6 nitrogen and oxygen atoms in total. The van der Waals surface area contributed by atoms with Crippen LogP contribution in [-0.2, 0) is 10.0 Å². The van der Waals surface area contributed by atoms with Crippen molar-refractivity contribution in [1.29, 1.82) is 0 Å². The number of nitrogens with zero attached hydrogens (tertiary/aromatic N) is 1. The van der Waals surface area contributed by atoms with Crippen LogP contribution in [-0.4, -0.2) is 37.8 Å². The van der Waals surface area contributed by atoms with E-state index in [4.69, 9.17) is 4.74 Å². The van der Waals surface area contributed by atoms with Gasteiger partial charge in [-0.2, -0.15) is 4.31 Å². The molecule has 8 heteroatoms. The molecule has 1 N–H and O–H groups in total. The largest absolute Gasteiger partial charge is 0.489 e. The van der Waals surface area contributed by atoms with E-state index in [0.29, 0.717) is 30.1 Å². The van der Waals surface area contributed by atoms with E-state index in [-0.39, 0.29) is 16.9 Å². The molecule has 0 bridgehead atoms. The number of amides is 1. The zero-order chi connectivity index (χ0) is 20.9. The number of hydrogen-bond acceptors (Lipinski definition) is 4. The van der Waals surface area contributed by atoms with Crippen molar-refractivity contribution in [3.05, 3.63) is 52.5 Å². The van der Waals surface area contributed by atoms with Gasteiger partial charge in [0.25, 0.3) is 5.91 Å². The maximum atomic E-state index is 12.8. The Kier molecular flexibility index (Phi) is 7.63.